The van der Waals surface area contributed by atoms with Gasteiger partial charge in [-0.2, -0.15) is 4.98 Å². The zero-order valence-electron chi connectivity index (χ0n) is 17.5. The lowest BCUT2D eigenvalue weighted by atomic mass is 10.1. The Morgan fingerprint density at radius 3 is 2.62 bits per heavy atom. The van der Waals surface area contributed by atoms with E-state index in [1.165, 1.54) is 12.1 Å². The van der Waals surface area contributed by atoms with Gasteiger partial charge in [0.25, 0.3) is 0 Å². The molecule has 3 aromatic rings. The van der Waals surface area contributed by atoms with E-state index in [2.05, 4.69) is 15.3 Å². The number of benzene rings is 2. The fourth-order valence-electron chi connectivity index (χ4n) is 3.40. The summed E-state index contributed by atoms with van der Waals surface area (Å²) in [5.74, 6) is 0.951. The first kappa shape index (κ1) is 23.2. The van der Waals surface area contributed by atoms with Crippen molar-refractivity contribution in [2.75, 3.05) is 13.1 Å². The maximum Gasteiger partial charge on any atom is 0.231 e. The number of aromatic nitrogens is 2. The van der Waals surface area contributed by atoms with Gasteiger partial charge in [-0.25, -0.2) is 4.39 Å². The molecule has 0 unspecified atom stereocenters. The maximum atomic E-state index is 12.9. The summed E-state index contributed by atoms with van der Waals surface area (Å²) in [6, 6.07) is 13.7. The Labute approximate surface area is 191 Å². The topological polar surface area (TPSA) is 114 Å². The lowest BCUT2D eigenvalue weighted by Gasteiger charge is -2.14. The Hall–Kier alpha value is -3.46. The Morgan fingerprint density at radius 1 is 1.25 bits per heavy atom. The molecule has 0 saturated carbocycles. The number of guanidine groups is 1. The van der Waals surface area contributed by atoms with Crippen molar-refractivity contribution in [3.63, 3.8) is 0 Å². The van der Waals surface area contributed by atoms with E-state index >= 15 is 0 Å². The molecule has 0 bridgehead atoms. The van der Waals surface area contributed by atoms with Crippen LogP contribution in [0.3, 0.4) is 0 Å². The minimum atomic E-state index is -0.279. The van der Waals surface area contributed by atoms with E-state index in [1.807, 2.05) is 31.2 Å². The molecule has 168 valence electrons. The van der Waals surface area contributed by atoms with Crippen LogP contribution < -0.4 is 5.73 Å². The first-order chi connectivity index (χ1) is 15.0. The van der Waals surface area contributed by atoms with E-state index in [1.54, 1.807) is 17.0 Å². The van der Waals surface area contributed by atoms with Crippen LogP contribution in [0.2, 0.25) is 0 Å². The van der Waals surface area contributed by atoms with E-state index in [4.69, 9.17) is 20.5 Å². The second kappa shape index (κ2) is 10.2. The molecule has 1 aliphatic rings. The first-order valence-corrected chi connectivity index (χ1v) is 9.94. The van der Waals surface area contributed by atoms with Gasteiger partial charge in [0.05, 0.1) is 11.6 Å². The molecule has 0 amide bonds. The van der Waals surface area contributed by atoms with Crippen molar-refractivity contribution in [3.8, 4) is 11.4 Å². The largest absolute Gasteiger partial charge is 0.391 e. The van der Waals surface area contributed by atoms with Crippen molar-refractivity contribution in [1.29, 1.82) is 5.41 Å². The third kappa shape index (κ3) is 5.42. The molecular weight excluding hydrogens is 435 g/mol. The minimum absolute atomic E-state index is 0. The second-order valence-electron chi connectivity index (χ2n) is 7.43. The average Bonchev–Trinajstić information content (AvgIpc) is 3.45. The van der Waals surface area contributed by atoms with Crippen molar-refractivity contribution in [1.82, 2.24) is 15.0 Å². The first-order valence-electron chi connectivity index (χ1n) is 9.94. The lowest BCUT2D eigenvalue weighted by molar-refractivity contribution is 0.130. The van der Waals surface area contributed by atoms with Crippen molar-refractivity contribution >= 4 is 24.1 Å². The summed E-state index contributed by atoms with van der Waals surface area (Å²) < 4.78 is 18.4. The summed E-state index contributed by atoms with van der Waals surface area (Å²) in [6.07, 6.45) is 0.827. The fraction of sp³-hybridized carbons (Fsp3) is 0.273. The maximum absolute atomic E-state index is 12.9. The fourth-order valence-corrected chi connectivity index (χ4v) is 3.40. The predicted molar refractivity (Wildman–Crippen MR) is 121 cm³/mol. The highest BCUT2D eigenvalue weighted by Gasteiger charge is 2.29. The highest BCUT2D eigenvalue weighted by Crippen LogP contribution is 2.27. The molecular formula is C22H24ClFN6O2. The molecule has 0 spiro atoms. The highest BCUT2D eigenvalue weighted by molar-refractivity contribution is 5.98. The van der Waals surface area contributed by atoms with E-state index in [-0.39, 0.29) is 36.7 Å². The van der Waals surface area contributed by atoms with Crippen LogP contribution in [0.15, 0.2) is 58.2 Å². The van der Waals surface area contributed by atoms with E-state index in [9.17, 15) is 4.39 Å². The standard InChI is InChI=1S/C22H23FN6O2.ClH/c1-14(27-30-13-15-2-8-19(23)9-3-15)16-4-6-17(7-5-16)20-26-21(31-28-20)18-10-11-29(12-18)22(24)25;/h2-9,18H,10-13H2,1H3,(H3,24,25);1H/t18-;/m1./s1. The molecule has 1 fully saturated rings. The zero-order chi connectivity index (χ0) is 21.8. The number of oxime groups is 1. The average molecular weight is 459 g/mol. The molecule has 0 radical (unpaired) electrons. The van der Waals surface area contributed by atoms with Gasteiger partial charge < -0.3 is 20.0 Å². The molecule has 3 N–H and O–H groups in total. The van der Waals surface area contributed by atoms with Crippen molar-refractivity contribution < 1.29 is 13.8 Å². The summed E-state index contributed by atoms with van der Waals surface area (Å²) in [6.45, 7) is 3.45. The Kier molecular flexibility index (Phi) is 7.42. The van der Waals surface area contributed by atoms with Crippen LogP contribution in [0.5, 0.6) is 0 Å². The van der Waals surface area contributed by atoms with Gasteiger partial charge in [-0.1, -0.05) is 46.7 Å². The number of nitrogens with zero attached hydrogens (tertiary/aromatic N) is 4. The van der Waals surface area contributed by atoms with Crippen molar-refractivity contribution in [2.45, 2.75) is 25.9 Å². The van der Waals surface area contributed by atoms with Crippen LogP contribution in [0.1, 0.15) is 36.3 Å². The normalized spacial score (nSPS) is 16.0. The van der Waals surface area contributed by atoms with Gasteiger partial charge in [0, 0.05) is 18.7 Å². The van der Waals surface area contributed by atoms with Gasteiger partial charge in [0.15, 0.2) is 5.96 Å². The quantitative estimate of drug-likeness (QED) is 0.329. The smallest absolute Gasteiger partial charge is 0.231 e. The lowest BCUT2D eigenvalue weighted by Crippen LogP contribution is -2.34. The third-order valence-electron chi connectivity index (χ3n) is 5.23. The molecule has 1 saturated heterocycles. The number of halogens is 2. The predicted octanol–water partition coefficient (Wildman–Crippen LogP) is 3.92. The number of rotatable bonds is 6. The molecule has 2 heterocycles. The van der Waals surface area contributed by atoms with Gasteiger partial charge in [0.1, 0.15) is 12.4 Å². The molecule has 10 heteroatoms. The van der Waals surface area contributed by atoms with Gasteiger partial charge in [0.2, 0.25) is 11.7 Å². The Bertz CT molecular complexity index is 1080. The van der Waals surface area contributed by atoms with Gasteiger partial charge >= 0.3 is 0 Å². The second-order valence-corrected chi connectivity index (χ2v) is 7.43. The molecule has 32 heavy (non-hydrogen) atoms. The number of nitrogens with two attached hydrogens (primary N) is 1. The molecule has 1 atom stereocenters. The van der Waals surface area contributed by atoms with E-state index in [0.717, 1.165) is 28.8 Å². The van der Waals surface area contributed by atoms with E-state index < -0.39 is 0 Å². The summed E-state index contributed by atoms with van der Waals surface area (Å²) in [5, 5.41) is 15.8. The number of nitrogens with one attached hydrogen (secondary N) is 1. The minimum Gasteiger partial charge on any atom is -0.391 e. The summed E-state index contributed by atoms with van der Waals surface area (Å²) in [5.41, 5.74) is 8.85. The highest BCUT2D eigenvalue weighted by atomic mass is 35.5. The van der Waals surface area contributed by atoms with Crippen LogP contribution in [0.4, 0.5) is 4.39 Å². The molecule has 1 aromatic heterocycles. The Morgan fingerprint density at radius 2 is 1.97 bits per heavy atom. The Balaban J connectivity index is 0.00000289. The van der Waals surface area contributed by atoms with Crippen LogP contribution in [0.25, 0.3) is 11.4 Å². The van der Waals surface area contributed by atoms with Crippen molar-refractivity contribution in [2.24, 2.45) is 10.9 Å². The van der Waals surface area contributed by atoms with Crippen LogP contribution in [-0.2, 0) is 11.4 Å². The third-order valence-corrected chi connectivity index (χ3v) is 5.23. The van der Waals surface area contributed by atoms with Crippen LogP contribution >= 0.6 is 12.4 Å². The van der Waals surface area contributed by atoms with Crippen molar-refractivity contribution in [3.05, 3.63) is 71.4 Å². The number of hydrogen-bond donors (Lipinski definition) is 2. The molecule has 8 nitrogen and oxygen atoms in total. The molecule has 2 aromatic carbocycles. The molecule has 0 aliphatic carbocycles. The summed E-state index contributed by atoms with van der Waals surface area (Å²) in [7, 11) is 0. The number of likely N-dealkylation sites (tertiary alicyclic amines) is 1. The van der Waals surface area contributed by atoms with Gasteiger partial charge in [-0.15, -0.1) is 12.4 Å². The molecule has 4 rings (SSSR count). The number of hydrogen-bond acceptors (Lipinski definition) is 6. The van der Waals surface area contributed by atoms with E-state index in [0.29, 0.717) is 24.8 Å². The van der Waals surface area contributed by atoms with Gasteiger partial charge in [-0.3, -0.25) is 5.41 Å². The monoisotopic (exact) mass is 458 g/mol. The zero-order valence-corrected chi connectivity index (χ0v) is 18.3. The SMILES string of the molecule is CC(=NOCc1ccc(F)cc1)c1ccc(-c2noc([C@@H]3CCN(C(=N)N)C3)n2)cc1.Cl. The molecule has 1 aliphatic heterocycles. The van der Waals surface area contributed by atoms with Gasteiger partial charge in [-0.05, 0) is 36.6 Å². The van der Waals surface area contributed by atoms with Crippen LogP contribution in [0, 0.1) is 11.2 Å². The summed E-state index contributed by atoms with van der Waals surface area (Å²) >= 11 is 0. The summed E-state index contributed by atoms with van der Waals surface area (Å²) in [4.78, 5) is 11.7. The van der Waals surface area contributed by atoms with Crippen LogP contribution in [-0.4, -0.2) is 39.8 Å².